The van der Waals surface area contributed by atoms with E-state index in [1.54, 1.807) is 26.8 Å². The van der Waals surface area contributed by atoms with Crippen LogP contribution in [0, 0.1) is 11.3 Å². The fourth-order valence-electron chi connectivity index (χ4n) is 4.27. The van der Waals surface area contributed by atoms with Crippen molar-refractivity contribution in [2.45, 2.75) is 44.8 Å². The molecule has 2 aromatic carbocycles. The highest BCUT2D eigenvalue weighted by Gasteiger charge is 2.31. The van der Waals surface area contributed by atoms with Gasteiger partial charge in [0.25, 0.3) is 0 Å². The van der Waals surface area contributed by atoms with Crippen LogP contribution in [0.1, 0.15) is 48.9 Å². The van der Waals surface area contributed by atoms with Crippen molar-refractivity contribution in [3.8, 4) is 17.2 Å². The maximum atomic E-state index is 12.9. The van der Waals surface area contributed by atoms with Crippen molar-refractivity contribution in [3.63, 3.8) is 0 Å². The van der Waals surface area contributed by atoms with E-state index < -0.39 is 23.7 Å². The number of nitriles is 1. The molecule has 0 radical (unpaired) electrons. The largest absolute Gasteiger partial charge is 0.458 e. The van der Waals surface area contributed by atoms with E-state index in [1.165, 1.54) is 12.4 Å². The number of rotatable bonds is 6. The van der Waals surface area contributed by atoms with E-state index in [0.29, 0.717) is 11.1 Å². The Hall–Kier alpha value is -4.18. The first-order valence-corrected chi connectivity index (χ1v) is 11.4. The number of nitrogens with one attached hydrogen (secondary N) is 1. The van der Waals surface area contributed by atoms with Crippen LogP contribution >= 0.6 is 0 Å². The molecule has 3 aromatic rings. The minimum Gasteiger partial charge on any atom is -0.458 e. The van der Waals surface area contributed by atoms with Gasteiger partial charge in [0.2, 0.25) is 0 Å². The van der Waals surface area contributed by atoms with Gasteiger partial charge in [-0.3, -0.25) is 4.98 Å². The van der Waals surface area contributed by atoms with E-state index in [-0.39, 0.29) is 18.9 Å². The molecule has 0 spiro atoms. The molecule has 0 bridgehead atoms. The topological polar surface area (TPSA) is 101 Å². The number of pyridine rings is 1. The molecule has 0 saturated heterocycles. The number of aromatic nitrogens is 1. The third-order valence-corrected chi connectivity index (χ3v) is 5.78. The van der Waals surface area contributed by atoms with E-state index >= 15 is 0 Å². The van der Waals surface area contributed by atoms with Gasteiger partial charge < -0.3 is 14.8 Å². The number of esters is 1. The second kappa shape index (κ2) is 9.98. The molecule has 1 atom stereocenters. The second-order valence-corrected chi connectivity index (χ2v) is 9.40. The molecule has 1 N–H and O–H groups in total. The first kappa shape index (κ1) is 24.0. The van der Waals surface area contributed by atoms with Crippen molar-refractivity contribution in [1.82, 2.24) is 10.3 Å². The molecule has 35 heavy (non-hydrogen) atoms. The van der Waals surface area contributed by atoms with Gasteiger partial charge in [-0.05, 0) is 54.7 Å². The van der Waals surface area contributed by atoms with Crippen LogP contribution in [0.25, 0.3) is 11.1 Å². The summed E-state index contributed by atoms with van der Waals surface area (Å²) in [6.07, 6.45) is 2.33. The number of fused-ring (bicyclic) bond motifs is 3. The lowest BCUT2D eigenvalue weighted by atomic mass is 9.98. The Morgan fingerprint density at radius 3 is 2.29 bits per heavy atom. The summed E-state index contributed by atoms with van der Waals surface area (Å²) < 4.78 is 11.1. The van der Waals surface area contributed by atoms with Crippen LogP contribution in [-0.4, -0.2) is 35.3 Å². The molecule has 0 unspecified atom stereocenters. The van der Waals surface area contributed by atoms with Crippen LogP contribution < -0.4 is 5.32 Å². The predicted molar refractivity (Wildman–Crippen MR) is 130 cm³/mol. The van der Waals surface area contributed by atoms with Gasteiger partial charge in [0.1, 0.15) is 18.2 Å². The summed E-state index contributed by atoms with van der Waals surface area (Å²) in [4.78, 5) is 29.8. The number of alkyl carbamates (subject to hydrolysis) is 1. The number of amides is 1. The van der Waals surface area contributed by atoms with Crippen LogP contribution in [0.3, 0.4) is 0 Å². The van der Waals surface area contributed by atoms with Crippen molar-refractivity contribution in [3.05, 3.63) is 89.2 Å². The van der Waals surface area contributed by atoms with E-state index in [0.717, 1.165) is 22.3 Å². The molecule has 0 saturated carbocycles. The molecular formula is C28H27N3O4. The van der Waals surface area contributed by atoms with Gasteiger partial charge in [0.15, 0.2) is 0 Å². The van der Waals surface area contributed by atoms with Gasteiger partial charge in [-0.15, -0.1) is 0 Å². The summed E-state index contributed by atoms with van der Waals surface area (Å²) in [5.41, 5.74) is 4.62. The summed E-state index contributed by atoms with van der Waals surface area (Å²) in [6, 6.07) is 18.7. The monoisotopic (exact) mass is 469 g/mol. The average Bonchev–Trinajstić information content (AvgIpc) is 3.15. The first-order valence-electron chi connectivity index (χ1n) is 11.4. The highest BCUT2D eigenvalue weighted by molar-refractivity contribution is 5.82. The normalized spacial score (nSPS) is 13.2. The van der Waals surface area contributed by atoms with Crippen molar-refractivity contribution < 1.29 is 19.1 Å². The predicted octanol–water partition coefficient (Wildman–Crippen LogP) is 4.74. The van der Waals surface area contributed by atoms with Gasteiger partial charge in [0.05, 0.1) is 11.6 Å². The van der Waals surface area contributed by atoms with Crippen molar-refractivity contribution >= 4 is 12.1 Å². The Morgan fingerprint density at radius 1 is 1.06 bits per heavy atom. The lowest BCUT2D eigenvalue weighted by Gasteiger charge is -2.25. The zero-order valence-corrected chi connectivity index (χ0v) is 19.9. The standard InChI is InChI=1S/C28H27N3O4/c1-28(2,3)35-26(32)25(14-19-16-30-13-12-18(19)15-29)31-27(33)34-17-24-22-10-6-4-8-20(22)21-9-5-7-11-23(21)24/h4-13,16,24-25H,14,17H2,1-3H3,(H,31,33)/t25-/m0/s1. The first-order chi connectivity index (χ1) is 16.8. The minimum atomic E-state index is -1.04. The fourth-order valence-corrected chi connectivity index (χ4v) is 4.27. The van der Waals surface area contributed by atoms with Gasteiger partial charge in [0, 0.05) is 24.7 Å². The van der Waals surface area contributed by atoms with Crippen LogP contribution in [0.5, 0.6) is 0 Å². The second-order valence-electron chi connectivity index (χ2n) is 9.40. The van der Waals surface area contributed by atoms with Crippen molar-refractivity contribution in [2.24, 2.45) is 0 Å². The van der Waals surface area contributed by atoms with E-state index in [4.69, 9.17) is 9.47 Å². The zero-order valence-electron chi connectivity index (χ0n) is 19.9. The number of hydrogen-bond acceptors (Lipinski definition) is 6. The fraction of sp³-hybridized carbons (Fsp3) is 0.286. The molecule has 1 aliphatic carbocycles. The highest BCUT2D eigenvalue weighted by Crippen LogP contribution is 2.44. The van der Waals surface area contributed by atoms with E-state index in [9.17, 15) is 14.9 Å². The lowest BCUT2D eigenvalue weighted by molar-refractivity contribution is -0.157. The van der Waals surface area contributed by atoms with E-state index in [2.05, 4.69) is 28.5 Å². The number of nitrogens with zero attached hydrogens (tertiary/aromatic N) is 2. The Morgan fingerprint density at radius 2 is 1.69 bits per heavy atom. The average molecular weight is 470 g/mol. The zero-order chi connectivity index (χ0) is 25.0. The summed E-state index contributed by atoms with van der Waals surface area (Å²) in [5, 5.41) is 12.0. The van der Waals surface area contributed by atoms with Crippen molar-refractivity contribution in [2.75, 3.05) is 6.61 Å². The molecule has 1 aliphatic rings. The molecule has 7 heteroatoms. The molecule has 1 aromatic heterocycles. The highest BCUT2D eigenvalue weighted by atomic mass is 16.6. The number of hydrogen-bond donors (Lipinski definition) is 1. The van der Waals surface area contributed by atoms with Gasteiger partial charge in [-0.1, -0.05) is 48.5 Å². The summed E-state index contributed by atoms with van der Waals surface area (Å²) >= 11 is 0. The smallest absolute Gasteiger partial charge is 0.407 e. The number of carbonyl (C=O) groups is 2. The molecule has 7 nitrogen and oxygen atoms in total. The molecule has 0 fully saturated rings. The van der Waals surface area contributed by atoms with Crippen molar-refractivity contribution in [1.29, 1.82) is 5.26 Å². The maximum Gasteiger partial charge on any atom is 0.407 e. The molecule has 0 aliphatic heterocycles. The maximum absolute atomic E-state index is 12.9. The quantitative estimate of drug-likeness (QED) is 0.523. The van der Waals surface area contributed by atoms with Gasteiger partial charge in [-0.2, -0.15) is 5.26 Å². The number of carbonyl (C=O) groups excluding carboxylic acids is 2. The third-order valence-electron chi connectivity index (χ3n) is 5.78. The minimum absolute atomic E-state index is 0.0514. The van der Waals surface area contributed by atoms with Crippen LogP contribution in [0.15, 0.2) is 67.0 Å². The lowest BCUT2D eigenvalue weighted by Crippen LogP contribution is -2.46. The summed E-state index contributed by atoms with van der Waals surface area (Å²) in [7, 11) is 0. The number of benzene rings is 2. The third kappa shape index (κ3) is 5.49. The summed E-state index contributed by atoms with van der Waals surface area (Å²) in [5.74, 6) is -0.713. The number of ether oxygens (including phenoxy) is 2. The van der Waals surface area contributed by atoms with Gasteiger partial charge in [-0.25, -0.2) is 9.59 Å². The van der Waals surface area contributed by atoms with Gasteiger partial charge >= 0.3 is 12.1 Å². The Labute approximate surface area is 204 Å². The van der Waals surface area contributed by atoms with E-state index in [1.807, 2.05) is 36.4 Å². The Kier molecular flexibility index (Phi) is 6.83. The molecule has 4 rings (SSSR count). The summed E-state index contributed by atoms with van der Waals surface area (Å²) in [6.45, 7) is 5.37. The van der Waals surface area contributed by atoms with Crippen LogP contribution in [0.2, 0.25) is 0 Å². The Balaban J connectivity index is 1.49. The Bertz CT molecular complexity index is 1240. The molecule has 1 heterocycles. The molecular weight excluding hydrogens is 442 g/mol. The SMILES string of the molecule is CC(C)(C)OC(=O)[C@H](Cc1cnccc1C#N)NC(=O)OCC1c2ccccc2-c2ccccc21. The van der Waals surface area contributed by atoms with Crippen LogP contribution in [-0.2, 0) is 20.7 Å². The van der Waals surface area contributed by atoms with Crippen LogP contribution in [0.4, 0.5) is 4.79 Å². The molecule has 178 valence electrons. The molecule has 1 amide bonds.